The molecule has 0 unspecified atom stereocenters. The maximum absolute atomic E-state index is 6.17. The normalized spacial score (nSPS) is 11.1. The number of hydrogen-bond acceptors (Lipinski definition) is 4. The van der Waals surface area contributed by atoms with Gasteiger partial charge in [-0.05, 0) is 24.3 Å². The molecule has 6 heteroatoms. The maximum atomic E-state index is 6.17. The summed E-state index contributed by atoms with van der Waals surface area (Å²) < 4.78 is 2.06. The van der Waals surface area contributed by atoms with Crippen molar-refractivity contribution in [1.82, 2.24) is 4.98 Å². The van der Waals surface area contributed by atoms with Crippen LogP contribution in [0.5, 0.6) is 0 Å². The first kappa shape index (κ1) is 13.1. The van der Waals surface area contributed by atoms with Gasteiger partial charge in [0.05, 0.1) is 25.2 Å². The van der Waals surface area contributed by atoms with Crippen molar-refractivity contribution in [3.63, 3.8) is 0 Å². The summed E-state index contributed by atoms with van der Waals surface area (Å²) in [5, 5.41) is 1.10. The number of para-hydroxylation sites is 1. The van der Waals surface area contributed by atoms with Crippen molar-refractivity contribution in [1.29, 1.82) is 0 Å². The number of nitrogen functional groups attached to an aromatic ring is 1. The lowest BCUT2D eigenvalue weighted by Crippen LogP contribution is -1.86. The third-order valence-corrected chi connectivity index (χ3v) is 5.55. The number of fused-ring (bicyclic) bond motifs is 1. The van der Waals surface area contributed by atoms with Gasteiger partial charge in [-0.3, -0.25) is 0 Å². The first-order chi connectivity index (χ1) is 9.13. The number of aromatic nitrogens is 1. The first-order valence-corrected chi connectivity index (χ1v) is 7.80. The largest absolute Gasteiger partial charge is 0.399 e. The van der Waals surface area contributed by atoms with Crippen molar-refractivity contribution < 1.29 is 0 Å². The lowest BCUT2D eigenvalue weighted by Gasteiger charge is -2.05. The zero-order valence-electron chi connectivity index (χ0n) is 9.56. The highest BCUT2D eigenvalue weighted by atomic mass is 35.5. The first-order valence-electron chi connectivity index (χ1n) is 5.41. The smallest absolute Gasteiger partial charge is 0.156 e. The van der Waals surface area contributed by atoms with E-state index in [1.807, 2.05) is 24.3 Å². The molecule has 3 aromatic rings. The fraction of sp³-hybridized carbons (Fsp3) is 0. The molecule has 0 spiro atoms. The molecule has 0 atom stereocenters. The summed E-state index contributed by atoms with van der Waals surface area (Å²) in [6, 6.07) is 11.4. The van der Waals surface area contributed by atoms with Gasteiger partial charge in [0, 0.05) is 5.69 Å². The van der Waals surface area contributed by atoms with Gasteiger partial charge in [-0.2, -0.15) is 0 Å². The average Bonchev–Trinajstić information content (AvgIpc) is 2.76. The highest BCUT2D eigenvalue weighted by Gasteiger charge is 2.12. The Bertz CT molecular complexity index is 699. The second-order valence-electron chi connectivity index (χ2n) is 3.86. The van der Waals surface area contributed by atoms with Gasteiger partial charge in [0.1, 0.15) is 0 Å². The molecule has 0 fully saturated rings. The molecule has 0 aliphatic heterocycles. The van der Waals surface area contributed by atoms with Crippen LogP contribution in [0.1, 0.15) is 0 Å². The minimum atomic E-state index is 0.550. The fourth-order valence-corrected chi connectivity index (χ4v) is 4.41. The monoisotopic (exact) mass is 326 g/mol. The Morgan fingerprint density at radius 1 is 1.11 bits per heavy atom. The van der Waals surface area contributed by atoms with E-state index in [4.69, 9.17) is 28.9 Å². The molecule has 19 heavy (non-hydrogen) atoms. The van der Waals surface area contributed by atoms with Crippen LogP contribution >= 0.6 is 46.3 Å². The van der Waals surface area contributed by atoms with Crippen LogP contribution in [0.4, 0.5) is 5.69 Å². The predicted octanol–water partition coefficient (Wildman–Crippen LogP) is 5.34. The molecule has 0 saturated carbocycles. The van der Waals surface area contributed by atoms with E-state index in [0.29, 0.717) is 15.7 Å². The lowest BCUT2D eigenvalue weighted by molar-refractivity contribution is 1.29. The molecule has 96 valence electrons. The number of benzene rings is 2. The van der Waals surface area contributed by atoms with Crippen molar-refractivity contribution in [3.05, 3.63) is 46.4 Å². The van der Waals surface area contributed by atoms with Crippen LogP contribution in [0, 0.1) is 0 Å². The van der Waals surface area contributed by atoms with Crippen LogP contribution < -0.4 is 5.73 Å². The van der Waals surface area contributed by atoms with E-state index in [0.717, 1.165) is 19.5 Å². The number of halogens is 2. The maximum Gasteiger partial charge on any atom is 0.156 e. The Morgan fingerprint density at radius 2 is 1.79 bits per heavy atom. The Labute approximate surface area is 128 Å². The number of thiazole rings is 1. The van der Waals surface area contributed by atoms with E-state index >= 15 is 0 Å². The second kappa shape index (κ2) is 5.21. The molecular weight excluding hydrogens is 319 g/mol. The third kappa shape index (κ3) is 2.67. The number of anilines is 1. The number of nitrogens with zero attached hydrogens (tertiary/aromatic N) is 1. The Hall–Kier alpha value is -0.940. The van der Waals surface area contributed by atoms with Gasteiger partial charge in [-0.1, -0.05) is 47.1 Å². The molecule has 0 bridgehead atoms. The van der Waals surface area contributed by atoms with Crippen LogP contribution in [-0.4, -0.2) is 4.98 Å². The molecule has 3 rings (SSSR count). The quantitative estimate of drug-likeness (QED) is 0.646. The molecule has 0 saturated heterocycles. The van der Waals surface area contributed by atoms with Gasteiger partial charge < -0.3 is 5.73 Å². The van der Waals surface area contributed by atoms with Crippen LogP contribution in [0.25, 0.3) is 10.2 Å². The van der Waals surface area contributed by atoms with E-state index in [-0.39, 0.29) is 0 Å². The van der Waals surface area contributed by atoms with E-state index in [2.05, 4.69) is 4.98 Å². The van der Waals surface area contributed by atoms with Crippen molar-refractivity contribution in [2.24, 2.45) is 0 Å². The fourth-order valence-electron chi connectivity index (χ4n) is 1.66. The Balaban J connectivity index is 2.01. The van der Waals surface area contributed by atoms with Crippen molar-refractivity contribution in [2.75, 3.05) is 5.73 Å². The van der Waals surface area contributed by atoms with Gasteiger partial charge in [-0.15, -0.1) is 11.3 Å². The third-order valence-electron chi connectivity index (χ3n) is 2.48. The zero-order chi connectivity index (χ0) is 13.4. The molecule has 0 radical (unpaired) electrons. The molecule has 2 nitrogen and oxygen atoms in total. The molecule has 0 amide bonds. The Morgan fingerprint density at radius 3 is 2.47 bits per heavy atom. The van der Waals surface area contributed by atoms with E-state index in [1.54, 1.807) is 23.5 Å². The predicted molar refractivity (Wildman–Crippen MR) is 84.6 cm³/mol. The molecule has 1 aromatic heterocycles. The minimum Gasteiger partial charge on any atom is -0.399 e. The summed E-state index contributed by atoms with van der Waals surface area (Å²) in [6.45, 7) is 0. The summed E-state index contributed by atoms with van der Waals surface area (Å²) in [7, 11) is 0. The van der Waals surface area contributed by atoms with E-state index in [9.17, 15) is 0 Å². The zero-order valence-corrected chi connectivity index (χ0v) is 12.7. The number of rotatable bonds is 2. The summed E-state index contributed by atoms with van der Waals surface area (Å²) in [6.07, 6.45) is 0. The standard InChI is InChI=1S/C13H8Cl2N2S2/c14-8-5-7(16)6-9(15)12(8)19-13-17-10-3-1-2-4-11(10)18-13/h1-6H,16H2. The van der Waals surface area contributed by atoms with Gasteiger partial charge >= 0.3 is 0 Å². The average molecular weight is 327 g/mol. The van der Waals surface area contributed by atoms with Crippen LogP contribution in [-0.2, 0) is 0 Å². The van der Waals surface area contributed by atoms with E-state index in [1.165, 1.54) is 11.8 Å². The second-order valence-corrected chi connectivity index (χ2v) is 6.97. The van der Waals surface area contributed by atoms with Crippen molar-refractivity contribution in [2.45, 2.75) is 9.24 Å². The topological polar surface area (TPSA) is 38.9 Å². The highest BCUT2D eigenvalue weighted by molar-refractivity contribution is 8.01. The van der Waals surface area contributed by atoms with Crippen LogP contribution in [0.3, 0.4) is 0 Å². The van der Waals surface area contributed by atoms with Gasteiger partial charge in [0.2, 0.25) is 0 Å². The summed E-state index contributed by atoms with van der Waals surface area (Å²) >= 11 is 15.4. The van der Waals surface area contributed by atoms with Crippen molar-refractivity contribution >= 4 is 62.2 Å². The molecular formula is C13H8Cl2N2S2. The van der Waals surface area contributed by atoms with E-state index < -0.39 is 0 Å². The molecule has 2 aromatic carbocycles. The summed E-state index contributed by atoms with van der Waals surface area (Å²) in [5.74, 6) is 0. The number of hydrogen-bond donors (Lipinski definition) is 1. The van der Waals surface area contributed by atoms with Gasteiger partial charge in [-0.25, -0.2) is 4.98 Å². The molecule has 2 N–H and O–H groups in total. The minimum absolute atomic E-state index is 0.550. The van der Waals surface area contributed by atoms with Crippen molar-refractivity contribution in [3.8, 4) is 0 Å². The van der Waals surface area contributed by atoms with Gasteiger partial charge in [0.25, 0.3) is 0 Å². The SMILES string of the molecule is Nc1cc(Cl)c(Sc2nc3ccccc3s2)c(Cl)c1. The van der Waals surface area contributed by atoms with Gasteiger partial charge in [0.15, 0.2) is 4.34 Å². The van der Waals surface area contributed by atoms with Crippen LogP contribution in [0.2, 0.25) is 10.0 Å². The molecule has 0 aliphatic rings. The lowest BCUT2D eigenvalue weighted by atomic mass is 10.3. The molecule has 0 aliphatic carbocycles. The number of nitrogens with two attached hydrogens (primary N) is 1. The summed E-state index contributed by atoms with van der Waals surface area (Å²) in [4.78, 5) is 5.33. The Kier molecular flexibility index (Phi) is 3.58. The highest BCUT2D eigenvalue weighted by Crippen LogP contribution is 2.42. The van der Waals surface area contributed by atoms with Crippen LogP contribution in [0.15, 0.2) is 45.6 Å². The molecule has 1 heterocycles. The summed E-state index contributed by atoms with van der Waals surface area (Å²) in [5.41, 5.74) is 7.23.